The molecule has 134 valence electrons. The number of imidazole rings is 1. The van der Waals surface area contributed by atoms with E-state index in [9.17, 15) is 9.18 Å². The molecule has 0 radical (unpaired) electrons. The summed E-state index contributed by atoms with van der Waals surface area (Å²) in [7, 11) is 0. The Morgan fingerprint density at radius 3 is 3.12 bits per heavy atom. The highest BCUT2D eigenvalue weighted by Crippen LogP contribution is 2.28. The van der Waals surface area contributed by atoms with Crippen molar-refractivity contribution >= 4 is 11.7 Å². The molecule has 2 atom stereocenters. The third kappa shape index (κ3) is 4.29. The van der Waals surface area contributed by atoms with Gasteiger partial charge in [0.1, 0.15) is 19.0 Å². The molecule has 1 aromatic carbocycles. The Morgan fingerprint density at radius 1 is 1.48 bits per heavy atom. The molecule has 1 aliphatic rings. The van der Waals surface area contributed by atoms with Crippen molar-refractivity contribution in [2.75, 3.05) is 31.7 Å². The summed E-state index contributed by atoms with van der Waals surface area (Å²) in [5.74, 6) is 1.02. The Labute approximate surface area is 146 Å². The molecule has 6 nitrogen and oxygen atoms in total. The zero-order valence-corrected chi connectivity index (χ0v) is 14.3. The van der Waals surface area contributed by atoms with Crippen LogP contribution in [0.3, 0.4) is 0 Å². The van der Waals surface area contributed by atoms with Gasteiger partial charge in [-0.05, 0) is 24.5 Å². The van der Waals surface area contributed by atoms with E-state index in [1.54, 1.807) is 36.8 Å². The van der Waals surface area contributed by atoms with Crippen molar-refractivity contribution in [1.82, 2.24) is 14.5 Å². The number of hydrogen-bond donors (Lipinski definition) is 1. The molecule has 2 amide bonds. The molecule has 1 N–H and O–H groups in total. The van der Waals surface area contributed by atoms with Gasteiger partial charge < -0.3 is 19.5 Å². The molecular formula is C18H23FN4O2. The summed E-state index contributed by atoms with van der Waals surface area (Å²) < 4.78 is 19.5. The van der Waals surface area contributed by atoms with E-state index in [4.69, 9.17) is 4.74 Å². The average Bonchev–Trinajstić information content (AvgIpc) is 3.15. The number of nitrogens with zero attached hydrogens (tertiary/aromatic N) is 3. The lowest BCUT2D eigenvalue weighted by molar-refractivity contribution is 0.149. The third-order valence-electron chi connectivity index (χ3n) is 4.54. The fourth-order valence-corrected chi connectivity index (χ4v) is 3.11. The number of halogens is 1. The normalized spacial score (nSPS) is 20.3. The lowest BCUT2D eigenvalue weighted by Crippen LogP contribution is -2.45. The van der Waals surface area contributed by atoms with Crippen LogP contribution in [-0.2, 0) is 0 Å². The van der Waals surface area contributed by atoms with Crippen LogP contribution in [0.15, 0.2) is 43.0 Å². The van der Waals surface area contributed by atoms with Gasteiger partial charge in [-0.2, -0.15) is 0 Å². The van der Waals surface area contributed by atoms with Crippen LogP contribution in [0.2, 0.25) is 0 Å². The molecule has 7 heteroatoms. The Balaban J connectivity index is 1.63. The Hall–Kier alpha value is -2.57. The quantitative estimate of drug-likeness (QED) is 0.903. The highest BCUT2D eigenvalue weighted by atomic mass is 19.1. The van der Waals surface area contributed by atoms with E-state index in [1.165, 1.54) is 0 Å². The average molecular weight is 346 g/mol. The summed E-state index contributed by atoms with van der Waals surface area (Å²) in [5.41, 5.74) is 0.638. The minimum Gasteiger partial charge on any atom is -0.491 e. The standard InChI is InChI=1S/C18H23FN4O2/c1-14-5-8-22(12-17(14)23-9-7-20-13-23)18(24)21-15-3-2-4-16(11-15)25-10-6-19/h2-4,7,9,11,13-14,17H,5-6,8,10,12H2,1H3,(H,21,24)/t14-,17+/m1/s1. The fraction of sp³-hybridized carbons (Fsp3) is 0.444. The first-order valence-electron chi connectivity index (χ1n) is 8.49. The molecule has 0 bridgehead atoms. The van der Waals surface area contributed by atoms with Crippen molar-refractivity contribution in [1.29, 1.82) is 0 Å². The van der Waals surface area contributed by atoms with Crippen molar-refractivity contribution < 1.29 is 13.9 Å². The van der Waals surface area contributed by atoms with Crippen LogP contribution in [0, 0.1) is 5.92 Å². The number of amides is 2. The van der Waals surface area contributed by atoms with Crippen LogP contribution in [0.1, 0.15) is 19.4 Å². The second kappa shape index (κ2) is 8.00. The molecule has 25 heavy (non-hydrogen) atoms. The number of aromatic nitrogens is 2. The van der Waals surface area contributed by atoms with E-state index in [0.29, 0.717) is 23.9 Å². The van der Waals surface area contributed by atoms with E-state index in [0.717, 1.165) is 13.0 Å². The minimum atomic E-state index is -0.543. The molecule has 2 aromatic rings. The molecule has 1 aliphatic heterocycles. The maximum absolute atomic E-state index is 12.6. The molecular weight excluding hydrogens is 323 g/mol. The molecule has 1 fully saturated rings. The number of nitrogens with one attached hydrogen (secondary N) is 1. The second-order valence-corrected chi connectivity index (χ2v) is 6.28. The van der Waals surface area contributed by atoms with Gasteiger partial charge in [0.25, 0.3) is 0 Å². The van der Waals surface area contributed by atoms with Gasteiger partial charge in [-0.3, -0.25) is 0 Å². The smallest absolute Gasteiger partial charge is 0.321 e. The molecule has 0 unspecified atom stereocenters. The van der Waals surface area contributed by atoms with E-state index in [2.05, 4.69) is 21.8 Å². The Bertz CT molecular complexity index is 692. The predicted molar refractivity (Wildman–Crippen MR) is 93.5 cm³/mol. The third-order valence-corrected chi connectivity index (χ3v) is 4.54. The molecule has 2 heterocycles. The highest BCUT2D eigenvalue weighted by molar-refractivity contribution is 5.89. The number of benzene rings is 1. The summed E-state index contributed by atoms with van der Waals surface area (Å²) >= 11 is 0. The molecule has 0 spiro atoms. The number of piperidine rings is 1. The van der Waals surface area contributed by atoms with Crippen LogP contribution in [0.4, 0.5) is 14.9 Å². The van der Waals surface area contributed by atoms with Gasteiger partial charge in [0, 0.05) is 37.2 Å². The molecule has 1 saturated heterocycles. The van der Waals surface area contributed by atoms with Gasteiger partial charge in [0.05, 0.1) is 12.4 Å². The lowest BCUT2D eigenvalue weighted by atomic mass is 9.93. The largest absolute Gasteiger partial charge is 0.491 e. The number of urea groups is 1. The molecule has 0 aliphatic carbocycles. The van der Waals surface area contributed by atoms with Gasteiger partial charge >= 0.3 is 6.03 Å². The Kier molecular flexibility index (Phi) is 5.53. The summed E-state index contributed by atoms with van der Waals surface area (Å²) in [6, 6.07) is 7.09. The molecule has 3 rings (SSSR count). The zero-order chi connectivity index (χ0) is 17.6. The number of likely N-dealkylation sites (tertiary alicyclic amines) is 1. The zero-order valence-electron chi connectivity index (χ0n) is 14.3. The predicted octanol–water partition coefficient (Wildman–Crippen LogP) is 3.35. The summed E-state index contributed by atoms with van der Waals surface area (Å²) in [6.07, 6.45) is 6.44. The minimum absolute atomic E-state index is 0.00794. The number of carbonyl (C=O) groups excluding carboxylic acids is 1. The first-order chi connectivity index (χ1) is 12.2. The number of ether oxygens (including phenoxy) is 1. The number of carbonyl (C=O) groups is 1. The van der Waals surface area contributed by atoms with Crippen LogP contribution in [0.5, 0.6) is 5.75 Å². The van der Waals surface area contributed by atoms with E-state index < -0.39 is 6.67 Å². The summed E-state index contributed by atoms with van der Waals surface area (Å²) in [6.45, 7) is 3.02. The second-order valence-electron chi connectivity index (χ2n) is 6.28. The van der Waals surface area contributed by atoms with E-state index >= 15 is 0 Å². The maximum Gasteiger partial charge on any atom is 0.321 e. The Morgan fingerprint density at radius 2 is 2.36 bits per heavy atom. The van der Waals surface area contributed by atoms with Crippen LogP contribution >= 0.6 is 0 Å². The number of hydrogen-bond acceptors (Lipinski definition) is 3. The van der Waals surface area contributed by atoms with Gasteiger partial charge in [-0.1, -0.05) is 13.0 Å². The van der Waals surface area contributed by atoms with Crippen LogP contribution < -0.4 is 10.1 Å². The van der Waals surface area contributed by atoms with Gasteiger partial charge in [0.2, 0.25) is 0 Å². The van der Waals surface area contributed by atoms with Crippen molar-refractivity contribution in [3.63, 3.8) is 0 Å². The van der Waals surface area contributed by atoms with Crippen LogP contribution in [-0.4, -0.2) is 46.9 Å². The van der Waals surface area contributed by atoms with Gasteiger partial charge in [-0.15, -0.1) is 0 Å². The summed E-state index contributed by atoms with van der Waals surface area (Å²) in [4.78, 5) is 18.5. The molecule has 1 aromatic heterocycles. The monoisotopic (exact) mass is 346 g/mol. The van der Waals surface area contributed by atoms with E-state index in [-0.39, 0.29) is 18.7 Å². The topological polar surface area (TPSA) is 59.4 Å². The number of anilines is 1. The number of alkyl halides is 1. The van der Waals surface area contributed by atoms with Gasteiger partial charge in [-0.25, -0.2) is 14.2 Å². The first kappa shape index (κ1) is 17.3. The van der Waals surface area contributed by atoms with Crippen molar-refractivity contribution in [2.45, 2.75) is 19.4 Å². The van der Waals surface area contributed by atoms with E-state index in [1.807, 2.05) is 11.1 Å². The fourth-order valence-electron chi connectivity index (χ4n) is 3.11. The van der Waals surface area contributed by atoms with Crippen molar-refractivity contribution in [3.05, 3.63) is 43.0 Å². The summed E-state index contributed by atoms with van der Waals surface area (Å²) in [5, 5.41) is 2.90. The lowest BCUT2D eigenvalue weighted by Gasteiger charge is -2.37. The van der Waals surface area contributed by atoms with Crippen molar-refractivity contribution in [3.8, 4) is 5.75 Å². The first-order valence-corrected chi connectivity index (χ1v) is 8.49. The molecule has 0 saturated carbocycles. The SMILES string of the molecule is C[C@@H]1CCN(C(=O)Nc2cccc(OCCF)c2)C[C@@H]1n1ccnc1. The van der Waals surface area contributed by atoms with Crippen molar-refractivity contribution in [2.24, 2.45) is 5.92 Å². The van der Waals surface area contributed by atoms with Gasteiger partial charge in [0.15, 0.2) is 0 Å². The maximum atomic E-state index is 12.6. The van der Waals surface area contributed by atoms with Crippen LogP contribution in [0.25, 0.3) is 0 Å². The highest BCUT2D eigenvalue weighted by Gasteiger charge is 2.29. The number of rotatable bonds is 5.